The van der Waals surface area contributed by atoms with Crippen LogP contribution in [-0.2, 0) is 0 Å². The maximum absolute atomic E-state index is 13.1. The molecule has 0 aliphatic heterocycles. The second-order valence-corrected chi connectivity index (χ2v) is 8.01. The molecule has 34 heavy (non-hydrogen) atoms. The lowest BCUT2D eigenvalue weighted by Gasteiger charge is -2.06. The first-order chi connectivity index (χ1) is 16.5. The Morgan fingerprint density at radius 1 is 0.971 bits per heavy atom. The maximum Gasteiger partial charge on any atom is 0.257 e. The van der Waals surface area contributed by atoms with Crippen LogP contribution in [0.3, 0.4) is 0 Å². The molecule has 0 radical (unpaired) electrons. The van der Waals surface area contributed by atoms with Crippen molar-refractivity contribution in [1.29, 1.82) is 0 Å². The normalized spacial score (nSPS) is 11.1. The second-order valence-electron chi connectivity index (χ2n) is 8.01. The molecule has 0 saturated carbocycles. The monoisotopic (exact) mass is 456 g/mol. The summed E-state index contributed by atoms with van der Waals surface area (Å²) in [5, 5.41) is 9.98. The molecule has 9 nitrogen and oxygen atoms in total. The highest BCUT2D eigenvalue weighted by atomic mass is 16.5. The minimum Gasteiger partial charge on any atom is -0.493 e. The zero-order valence-electron chi connectivity index (χ0n) is 19.2. The molecular weight excluding hydrogens is 432 g/mol. The predicted molar refractivity (Wildman–Crippen MR) is 130 cm³/mol. The van der Waals surface area contributed by atoms with Gasteiger partial charge >= 0.3 is 0 Å². The Morgan fingerprint density at radius 2 is 1.71 bits per heavy atom. The standard InChI is InChI=1S/C25H24N6O3/c1-13-5-7-15(8-6-13)17-9-16(14(2)27-17)25(32)30-20-12-26-31-23(20)24-28-18-10-21(33-3)22(34-4)11-19(18)29-24/h5-12,27H,1-4H3,(H,26,31)(H,28,29)(H,30,32). The average Bonchev–Trinajstić information content (AvgIpc) is 3.56. The van der Waals surface area contributed by atoms with Gasteiger partial charge in [-0.1, -0.05) is 29.8 Å². The van der Waals surface area contributed by atoms with Crippen LogP contribution in [0.2, 0.25) is 0 Å². The molecule has 3 aromatic heterocycles. The molecule has 5 rings (SSSR count). The van der Waals surface area contributed by atoms with Gasteiger partial charge in [0, 0.05) is 23.5 Å². The number of nitrogens with one attached hydrogen (secondary N) is 4. The molecule has 0 fully saturated rings. The molecule has 0 saturated heterocycles. The average molecular weight is 457 g/mol. The van der Waals surface area contributed by atoms with Gasteiger partial charge in [0.15, 0.2) is 17.3 Å². The van der Waals surface area contributed by atoms with E-state index in [-0.39, 0.29) is 5.91 Å². The number of H-pyrrole nitrogens is 3. The smallest absolute Gasteiger partial charge is 0.257 e. The molecular formula is C25H24N6O3. The molecule has 0 bridgehead atoms. The molecule has 0 spiro atoms. The predicted octanol–water partition coefficient (Wildman–Crippen LogP) is 4.83. The fraction of sp³-hybridized carbons (Fsp3) is 0.160. The van der Waals surface area contributed by atoms with Crippen molar-refractivity contribution in [3.05, 3.63) is 65.5 Å². The molecule has 9 heteroatoms. The van der Waals surface area contributed by atoms with Gasteiger partial charge in [0.25, 0.3) is 5.91 Å². The van der Waals surface area contributed by atoms with Crippen molar-refractivity contribution in [2.45, 2.75) is 13.8 Å². The van der Waals surface area contributed by atoms with E-state index in [1.165, 1.54) is 5.56 Å². The summed E-state index contributed by atoms with van der Waals surface area (Å²) in [6.45, 7) is 3.92. The van der Waals surface area contributed by atoms with Crippen molar-refractivity contribution >= 4 is 22.6 Å². The van der Waals surface area contributed by atoms with Gasteiger partial charge in [-0.3, -0.25) is 9.89 Å². The molecule has 5 aromatic rings. The van der Waals surface area contributed by atoms with Crippen molar-refractivity contribution in [1.82, 2.24) is 25.1 Å². The first-order valence-electron chi connectivity index (χ1n) is 10.7. The summed E-state index contributed by atoms with van der Waals surface area (Å²) in [4.78, 5) is 24.3. The van der Waals surface area contributed by atoms with Gasteiger partial charge in [0.05, 0.1) is 42.7 Å². The Balaban J connectivity index is 1.43. The number of carbonyl (C=O) groups excluding carboxylic acids is 1. The highest BCUT2D eigenvalue weighted by Crippen LogP contribution is 2.33. The van der Waals surface area contributed by atoms with Gasteiger partial charge in [-0.05, 0) is 25.5 Å². The molecule has 0 unspecified atom stereocenters. The Morgan fingerprint density at radius 3 is 2.44 bits per heavy atom. The molecule has 1 amide bonds. The van der Waals surface area contributed by atoms with Gasteiger partial charge < -0.3 is 24.8 Å². The molecule has 0 aliphatic rings. The van der Waals surface area contributed by atoms with E-state index in [4.69, 9.17) is 9.47 Å². The molecule has 0 atom stereocenters. The number of rotatable bonds is 6. The van der Waals surface area contributed by atoms with Gasteiger partial charge in [0.1, 0.15) is 5.69 Å². The van der Waals surface area contributed by atoms with E-state index >= 15 is 0 Å². The minimum atomic E-state index is -0.241. The van der Waals surface area contributed by atoms with Crippen LogP contribution in [0.1, 0.15) is 21.6 Å². The third-order valence-corrected chi connectivity index (χ3v) is 5.73. The SMILES string of the molecule is COc1cc2nc(-c3[nH]ncc3NC(=O)c3cc(-c4ccc(C)cc4)[nH]c3C)[nH]c2cc1OC. The van der Waals surface area contributed by atoms with E-state index < -0.39 is 0 Å². The maximum atomic E-state index is 13.1. The van der Waals surface area contributed by atoms with E-state index in [1.807, 2.05) is 50.2 Å². The number of aromatic nitrogens is 5. The quantitative estimate of drug-likeness (QED) is 0.292. The molecule has 3 heterocycles. The molecule has 4 N–H and O–H groups in total. The lowest BCUT2D eigenvalue weighted by molar-refractivity contribution is 0.102. The fourth-order valence-electron chi connectivity index (χ4n) is 3.89. The van der Waals surface area contributed by atoms with E-state index in [1.54, 1.807) is 26.5 Å². The van der Waals surface area contributed by atoms with Gasteiger partial charge in [-0.2, -0.15) is 5.10 Å². The molecule has 2 aromatic carbocycles. The third-order valence-electron chi connectivity index (χ3n) is 5.73. The lowest BCUT2D eigenvalue weighted by atomic mass is 10.1. The Bertz CT molecular complexity index is 1450. The van der Waals surface area contributed by atoms with Crippen LogP contribution in [0.4, 0.5) is 5.69 Å². The number of aromatic amines is 3. The van der Waals surface area contributed by atoms with Crippen LogP contribution >= 0.6 is 0 Å². The topological polar surface area (TPSA) is 121 Å². The first-order valence-corrected chi connectivity index (χ1v) is 10.7. The largest absolute Gasteiger partial charge is 0.493 e. The van der Waals surface area contributed by atoms with Crippen LogP contribution in [0, 0.1) is 13.8 Å². The van der Waals surface area contributed by atoms with Crippen LogP contribution in [0.25, 0.3) is 33.8 Å². The summed E-state index contributed by atoms with van der Waals surface area (Å²) in [5.74, 6) is 1.47. The highest BCUT2D eigenvalue weighted by molar-refractivity contribution is 6.07. The summed E-state index contributed by atoms with van der Waals surface area (Å²) in [6.07, 6.45) is 1.56. The van der Waals surface area contributed by atoms with E-state index in [0.717, 1.165) is 22.5 Å². The van der Waals surface area contributed by atoms with Crippen LogP contribution in [0.5, 0.6) is 11.5 Å². The third kappa shape index (κ3) is 3.77. The second kappa shape index (κ2) is 8.43. The highest BCUT2D eigenvalue weighted by Gasteiger charge is 2.19. The Hall–Kier alpha value is -4.53. The van der Waals surface area contributed by atoms with Crippen molar-refractivity contribution in [3.63, 3.8) is 0 Å². The summed E-state index contributed by atoms with van der Waals surface area (Å²) in [7, 11) is 3.16. The summed E-state index contributed by atoms with van der Waals surface area (Å²) < 4.78 is 10.7. The van der Waals surface area contributed by atoms with Crippen molar-refractivity contribution < 1.29 is 14.3 Å². The van der Waals surface area contributed by atoms with E-state index in [0.29, 0.717) is 39.8 Å². The van der Waals surface area contributed by atoms with Crippen molar-refractivity contribution in [3.8, 4) is 34.3 Å². The Kier molecular flexibility index (Phi) is 5.29. The van der Waals surface area contributed by atoms with Gasteiger partial charge in [0.2, 0.25) is 0 Å². The molecule has 172 valence electrons. The van der Waals surface area contributed by atoms with Gasteiger partial charge in [-0.15, -0.1) is 0 Å². The lowest BCUT2D eigenvalue weighted by Crippen LogP contribution is -2.12. The number of nitrogens with zero attached hydrogens (tertiary/aromatic N) is 2. The summed E-state index contributed by atoms with van der Waals surface area (Å²) in [6, 6.07) is 13.6. The fourth-order valence-corrected chi connectivity index (χ4v) is 3.89. The van der Waals surface area contributed by atoms with E-state index in [9.17, 15) is 4.79 Å². The minimum absolute atomic E-state index is 0.241. The summed E-state index contributed by atoms with van der Waals surface area (Å²) in [5.41, 5.74) is 6.96. The first kappa shape index (κ1) is 21.3. The number of amides is 1. The number of hydrogen-bond donors (Lipinski definition) is 4. The zero-order valence-corrected chi connectivity index (χ0v) is 19.2. The number of imidazole rings is 1. The number of carbonyl (C=O) groups is 1. The number of ether oxygens (including phenoxy) is 2. The zero-order chi connectivity index (χ0) is 23.8. The van der Waals surface area contributed by atoms with Crippen LogP contribution in [0.15, 0.2) is 48.7 Å². The van der Waals surface area contributed by atoms with E-state index in [2.05, 4.69) is 30.5 Å². The number of fused-ring (bicyclic) bond motifs is 1. The van der Waals surface area contributed by atoms with Gasteiger partial charge in [-0.25, -0.2) is 4.98 Å². The van der Waals surface area contributed by atoms with Crippen molar-refractivity contribution in [2.24, 2.45) is 0 Å². The van der Waals surface area contributed by atoms with Crippen LogP contribution < -0.4 is 14.8 Å². The number of anilines is 1. The van der Waals surface area contributed by atoms with Crippen LogP contribution in [-0.4, -0.2) is 45.3 Å². The summed E-state index contributed by atoms with van der Waals surface area (Å²) >= 11 is 0. The molecule has 0 aliphatic carbocycles. The number of benzene rings is 2. The number of aryl methyl sites for hydroxylation is 2. The van der Waals surface area contributed by atoms with Crippen molar-refractivity contribution in [2.75, 3.05) is 19.5 Å². The number of hydrogen-bond acceptors (Lipinski definition) is 5. The number of methoxy groups -OCH3 is 2. The Labute approximate surface area is 195 Å².